The Hall–Kier alpha value is -1.38. The van der Waals surface area contributed by atoms with Crippen molar-refractivity contribution in [2.75, 3.05) is 0 Å². The molecule has 0 saturated heterocycles. The molecule has 0 atom stereocenters. The minimum atomic E-state index is 0.194. The van der Waals surface area contributed by atoms with Crippen molar-refractivity contribution in [2.45, 2.75) is 142 Å². The zero-order valence-corrected chi connectivity index (χ0v) is 26.8. The van der Waals surface area contributed by atoms with Crippen molar-refractivity contribution in [3.63, 3.8) is 0 Å². The summed E-state index contributed by atoms with van der Waals surface area (Å²) in [5, 5.41) is 0. The van der Waals surface area contributed by atoms with Crippen molar-refractivity contribution in [1.82, 2.24) is 0 Å². The number of thiophene rings is 2. The Balaban J connectivity index is 1.79. The van der Waals surface area contributed by atoms with Crippen molar-refractivity contribution in [1.29, 1.82) is 0 Å². The Morgan fingerprint density at radius 1 is 0.579 bits per heavy atom. The lowest BCUT2D eigenvalue weighted by molar-refractivity contribution is 0.411. The lowest BCUT2D eigenvalue weighted by Gasteiger charge is -2.34. The molecule has 206 valence electrons. The van der Waals surface area contributed by atoms with Gasteiger partial charge in [-0.2, -0.15) is 0 Å². The first-order valence-corrected chi connectivity index (χ1v) is 17.4. The molecule has 0 N–H and O–H groups in total. The summed E-state index contributed by atoms with van der Waals surface area (Å²) in [5.41, 5.74) is 10.3. The fraction of sp³-hybridized carbons (Fsp3) is 0.611. The lowest BCUT2D eigenvalue weighted by atomic mass is 9.69. The van der Waals surface area contributed by atoms with Gasteiger partial charge in [0.15, 0.2) is 0 Å². The van der Waals surface area contributed by atoms with Crippen LogP contribution in [0.3, 0.4) is 0 Å². The van der Waals surface area contributed by atoms with Crippen LogP contribution in [0.5, 0.6) is 0 Å². The van der Waals surface area contributed by atoms with Gasteiger partial charge in [0, 0.05) is 30.3 Å². The highest BCUT2D eigenvalue weighted by atomic mass is 32.1. The van der Waals surface area contributed by atoms with Crippen LogP contribution in [0.4, 0.5) is 0 Å². The van der Waals surface area contributed by atoms with Gasteiger partial charge in [-0.25, -0.2) is 0 Å². The van der Waals surface area contributed by atoms with Crippen LogP contribution in [0.15, 0.2) is 24.3 Å². The monoisotopic (exact) mass is 546 g/mol. The van der Waals surface area contributed by atoms with E-state index in [1.54, 1.807) is 48.0 Å². The topological polar surface area (TPSA) is 0 Å². The van der Waals surface area contributed by atoms with E-state index in [2.05, 4.69) is 95.4 Å². The smallest absolute Gasteiger partial charge is 0.0390 e. The molecule has 0 aliphatic heterocycles. The van der Waals surface area contributed by atoms with Crippen LogP contribution in [0, 0.1) is 6.92 Å². The molecule has 3 aromatic rings. The largest absolute Gasteiger partial charge is 0.140 e. The number of fused-ring (bicyclic) bond motifs is 6. The standard InChI is InChI=1S/C36H50S2/c1-8-12-16-35(17-13-9-2)28-22-27-29(21-26(28)33-30(35)20-25(7)37-33)36(18-14-10-3,19-15-11-4)31-23-32(24(5)6)38-34(27)31/h20-24H,8-19H2,1-7H3. The van der Waals surface area contributed by atoms with Crippen LogP contribution in [0.25, 0.3) is 20.9 Å². The molecule has 0 fully saturated rings. The number of unbranched alkanes of at least 4 members (excludes halogenated alkanes) is 4. The van der Waals surface area contributed by atoms with Gasteiger partial charge in [-0.1, -0.05) is 92.9 Å². The molecule has 2 aromatic heterocycles. The molecule has 0 unspecified atom stereocenters. The summed E-state index contributed by atoms with van der Waals surface area (Å²) in [6.07, 6.45) is 15.5. The summed E-state index contributed by atoms with van der Waals surface area (Å²) in [4.78, 5) is 6.29. The number of hydrogen-bond acceptors (Lipinski definition) is 2. The minimum absolute atomic E-state index is 0.194. The molecule has 0 radical (unpaired) electrons. The Kier molecular flexibility index (Phi) is 8.33. The van der Waals surface area contributed by atoms with Gasteiger partial charge in [0.2, 0.25) is 0 Å². The van der Waals surface area contributed by atoms with Crippen molar-refractivity contribution in [3.05, 3.63) is 56.3 Å². The average molecular weight is 547 g/mol. The summed E-state index contributed by atoms with van der Waals surface area (Å²) in [5.74, 6) is 0.599. The van der Waals surface area contributed by atoms with Gasteiger partial charge in [-0.3, -0.25) is 0 Å². The number of hydrogen-bond donors (Lipinski definition) is 0. The fourth-order valence-electron chi connectivity index (χ4n) is 7.62. The van der Waals surface area contributed by atoms with Gasteiger partial charge in [-0.05, 0) is 96.2 Å². The highest BCUT2D eigenvalue weighted by Crippen LogP contribution is 2.63. The molecule has 0 nitrogen and oxygen atoms in total. The maximum atomic E-state index is 2.75. The molecule has 5 rings (SSSR count). The Labute approximate surface area is 241 Å². The zero-order chi connectivity index (χ0) is 27.1. The highest BCUT2D eigenvalue weighted by Gasteiger charge is 2.49. The van der Waals surface area contributed by atoms with E-state index in [0.29, 0.717) is 5.92 Å². The van der Waals surface area contributed by atoms with Crippen molar-refractivity contribution in [3.8, 4) is 20.9 Å². The second-order valence-electron chi connectivity index (χ2n) is 12.7. The molecular formula is C36H50S2. The van der Waals surface area contributed by atoms with E-state index in [-0.39, 0.29) is 10.8 Å². The SMILES string of the molecule is CCCCC1(CCCC)c2cc3c(cc2-c2sc(C)cc21)C(CCCC)(CCCC)c1cc(C(C)C)sc1-3. The van der Waals surface area contributed by atoms with Gasteiger partial charge in [0.1, 0.15) is 0 Å². The average Bonchev–Trinajstić information content (AvgIpc) is 3.63. The summed E-state index contributed by atoms with van der Waals surface area (Å²) in [6.45, 7) is 16.6. The second kappa shape index (κ2) is 11.2. The van der Waals surface area contributed by atoms with E-state index >= 15 is 0 Å². The maximum absolute atomic E-state index is 2.75. The summed E-state index contributed by atoms with van der Waals surface area (Å²) >= 11 is 4.18. The maximum Gasteiger partial charge on any atom is 0.0390 e. The number of aryl methyl sites for hydroxylation is 1. The summed E-state index contributed by atoms with van der Waals surface area (Å²) < 4.78 is 0. The van der Waals surface area contributed by atoms with Crippen molar-refractivity contribution >= 4 is 22.7 Å². The Morgan fingerprint density at radius 3 is 1.42 bits per heavy atom. The molecule has 1 aromatic carbocycles. The van der Waals surface area contributed by atoms with E-state index in [0.717, 1.165) is 0 Å². The van der Waals surface area contributed by atoms with Crippen LogP contribution in [-0.2, 0) is 10.8 Å². The van der Waals surface area contributed by atoms with Crippen LogP contribution in [0.2, 0.25) is 0 Å². The van der Waals surface area contributed by atoms with E-state index in [1.165, 1.54) is 81.9 Å². The minimum Gasteiger partial charge on any atom is -0.140 e. The first-order chi connectivity index (χ1) is 18.4. The fourth-order valence-corrected chi connectivity index (χ4v) is 10.1. The number of benzene rings is 1. The molecule has 2 heterocycles. The molecule has 2 heteroatoms. The molecule has 0 amide bonds. The van der Waals surface area contributed by atoms with E-state index < -0.39 is 0 Å². The first kappa shape index (κ1) is 28.2. The summed E-state index contributed by atoms with van der Waals surface area (Å²) in [6, 6.07) is 10.7. The van der Waals surface area contributed by atoms with Crippen molar-refractivity contribution in [2.24, 2.45) is 0 Å². The van der Waals surface area contributed by atoms with Gasteiger partial charge >= 0.3 is 0 Å². The van der Waals surface area contributed by atoms with E-state index in [1.807, 2.05) is 0 Å². The third kappa shape index (κ3) is 4.37. The number of rotatable bonds is 13. The van der Waals surface area contributed by atoms with Crippen LogP contribution in [0.1, 0.15) is 157 Å². The van der Waals surface area contributed by atoms with Crippen LogP contribution >= 0.6 is 22.7 Å². The van der Waals surface area contributed by atoms with E-state index in [9.17, 15) is 0 Å². The zero-order valence-electron chi connectivity index (χ0n) is 25.2. The normalized spacial score (nSPS) is 16.1. The highest BCUT2D eigenvalue weighted by molar-refractivity contribution is 7.16. The van der Waals surface area contributed by atoms with Crippen LogP contribution < -0.4 is 0 Å². The molecule has 38 heavy (non-hydrogen) atoms. The summed E-state index contributed by atoms with van der Waals surface area (Å²) in [7, 11) is 0. The Morgan fingerprint density at radius 2 is 1.00 bits per heavy atom. The van der Waals surface area contributed by atoms with Gasteiger partial charge in [-0.15, -0.1) is 22.7 Å². The van der Waals surface area contributed by atoms with Gasteiger partial charge in [0.25, 0.3) is 0 Å². The molecule has 0 spiro atoms. The Bertz CT molecular complexity index is 1250. The molecule has 0 bridgehead atoms. The van der Waals surface area contributed by atoms with Gasteiger partial charge in [0.05, 0.1) is 0 Å². The molecule has 2 aliphatic rings. The third-order valence-electron chi connectivity index (χ3n) is 9.71. The van der Waals surface area contributed by atoms with Crippen LogP contribution in [-0.4, -0.2) is 0 Å². The predicted molar refractivity (Wildman–Crippen MR) is 172 cm³/mol. The predicted octanol–water partition coefficient (Wildman–Crippen LogP) is 12.5. The first-order valence-electron chi connectivity index (χ1n) is 15.8. The second-order valence-corrected chi connectivity index (χ2v) is 15.0. The molecular weight excluding hydrogens is 497 g/mol. The quantitative estimate of drug-likeness (QED) is 0.200. The lowest BCUT2D eigenvalue weighted by Crippen LogP contribution is -2.27. The van der Waals surface area contributed by atoms with Gasteiger partial charge < -0.3 is 0 Å². The third-order valence-corrected chi connectivity index (χ3v) is 12.3. The molecule has 2 aliphatic carbocycles. The van der Waals surface area contributed by atoms with E-state index in [4.69, 9.17) is 0 Å². The van der Waals surface area contributed by atoms with Crippen molar-refractivity contribution < 1.29 is 0 Å². The molecule has 0 saturated carbocycles.